The maximum absolute atomic E-state index is 11.8. The first-order chi connectivity index (χ1) is 10.9. The Labute approximate surface area is 130 Å². The molecule has 0 heterocycles. The van der Waals surface area contributed by atoms with Gasteiger partial charge in [0.15, 0.2) is 0 Å². The minimum absolute atomic E-state index is 0.0303. The third-order valence-corrected chi connectivity index (χ3v) is 2.90. The van der Waals surface area contributed by atoms with E-state index in [1.807, 2.05) is 0 Å². The number of benzene rings is 2. The van der Waals surface area contributed by atoms with Gasteiger partial charge in [0.2, 0.25) is 5.91 Å². The Hall–Kier alpha value is -3.48. The van der Waals surface area contributed by atoms with Crippen molar-refractivity contribution in [3.05, 3.63) is 53.6 Å². The number of phenols is 2. The van der Waals surface area contributed by atoms with Crippen molar-refractivity contribution >= 4 is 23.6 Å². The molecular formula is C16H12NO6-. The van der Waals surface area contributed by atoms with Gasteiger partial charge in [-0.3, -0.25) is 4.79 Å². The standard InChI is InChI=1S/C16H13NO6/c18-10-3-4-12(11(8-10)16(22)23)17-15(21)6-2-9-1-5-13(19)14(20)7-9/h1-8,18-20H,(H,17,21)(H,22,23)/p-1/b6-2+. The molecule has 2 rings (SSSR count). The number of nitrogens with one attached hydrogen (secondary N) is 1. The highest BCUT2D eigenvalue weighted by Crippen LogP contribution is 2.23. The summed E-state index contributed by atoms with van der Waals surface area (Å²) in [4.78, 5) is 22.9. The van der Waals surface area contributed by atoms with Crippen LogP contribution in [0.4, 0.5) is 5.69 Å². The number of hydrogen-bond acceptors (Lipinski definition) is 5. The summed E-state index contributed by atoms with van der Waals surface area (Å²) in [6, 6.07) is 7.33. The predicted octanol–water partition coefficient (Wildman–Crippen LogP) is 1.52. The lowest BCUT2D eigenvalue weighted by molar-refractivity contribution is -0.270. The van der Waals surface area contributed by atoms with Gasteiger partial charge in [0, 0.05) is 6.08 Å². The molecule has 4 N–H and O–H groups in total. The summed E-state index contributed by atoms with van der Waals surface area (Å²) in [5.41, 5.74) is 0.212. The van der Waals surface area contributed by atoms with E-state index < -0.39 is 23.4 Å². The Morgan fingerprint density at radius 2 is 1.83 bits per heavy atom. The van der Waals surface area contributed by atoms with Crippen LogP contribution in [-0.4, -0.2) is 27.2 Å². The number of phenolic OH excluding ortho intramolecular Hbond substituents is 2. The molecule has 0 unspecified atom stereocenters. The van der Waals surface area contributed by atoms with E-state index in [1.54, 1.807) is 0 Å². The average Bonchev–Trinajstić information content (AvgIpc) is 2.50. The van der Waals surface area contributed by atoms with E-state index in [0.717, 1.165) is 18.2 Å². The van der Waals surface area contributed by atoms with Gasteiger partial charge in [0.25, 0.3) is 0 Å². The number of carboxylic acid groups (broad SMARTS) is 1. The molecule has 0 saturated heterocycles. The average molecular weight is 314 g/mol. The van der Waals surface area contributed by atoms with Crippen LogP contribution in [0.2, 0.25) is 0 Å². The number of anilines is 1. The summed E-state index contributed by atoms with van der Waals surface area (Å²) in [5.74, 6) is -3.09. The maximum Gasteiger partial charge on any atom is 0.337 e. The number of carbonyl (C=O) groups is 2. The zero-order valence-corrected chi connectivity index (χ0v) is 11.7. The van der Waals surface area contributed by atoms with Gasteiger partial charge in [0.05, 0.1) is 11.3 Å². The molecule has 7 heteroatoms. The fourth-order valence-electron chi connectivity index (χ4n) is 1.80. The van der Waals surface area contributed by atoms with E-state index in [2.05, 4.69) is 5.32 Å². The van der Waals surface area contributed by atoms with Crippen molar-refractivity contribution in [1.82, 2.24) is 0 Å². The second kappa shape index (κ2) is 6.52. The molecule has 7 nitrogen and oxygen atoms in total. The van der Waals surface area contributed by atoms with Gasteiger partial charge in [-0.2, -0.15) is 0 Å². The van der Waals surface area contributed by atoms with Crippen LogP contribution in [0.15, 0.2) is 42.5 Å². The van der Waals surface area contributed by atoms with Crippen molar-refractivity contribution in [3.63, 3.8) is 0 Å². The van der Waals surface area contributed by atoms with Crippen molar-refractivity contribution in [2.24, 2.45) is 0 Å². The molecular weight excluding hydrogens is 302 g/mol. The Morgan fingerprint density at radius 3 is 2.48 bits per heavy atom. The number of aromatic hydroxyl groups is 2. The molecule has 2 aromatic rings. The van der Waals surface area contributed by atoms with E-state index >= 15 is 0 Å². The summed E-state index contributed by atoms with van der Waals surface area (Å²) >= 11 is 0. The van der Waals surface area contributed by atoms with Crippen LogP contribution in [0.5, 0.6) is 17.2 Å². The normalized spacial score (nSPS) is 10.6. The summed E-state index contributed by atoms with van der Waals surface area (Å²) < 4.78 is 0. The van der Waals surface area contributed by atoms with Crippen molar-refractivity contribution in [3.8, 4) is 17.2 Å². The molecule has 23 heavy (non-hydrogen) atoms. The van der Waals surface area contributed by atoms with Crippen molar-refractivity contribution in [2.45, 2.75) is 0 Å². The lowest BCUT2D eigenvalue weighted by Crippen LogP contribution is -2.11. The summed E-state index contributed by atoms with van der Waals surface area (Å²) in [7, 11) is 0. The Bertz CT molecular complexity index is 797. The predicted molar refractivity (Wildman–Crippen MR) is 80.3 cm³/mol. The molecule has 0 bridgehead atoms. The van der Waals surface area contributed by atoms with Gasteiger partial charge in [-0.1, -0.05) is 17.9 Å². The minimum atomic E-state index is -1.30. The highest BCUT2D eigenvalue weighted by molar-refractivity contribution is 6.06. The van der Waals surface area contributed by atoms with E-state index in [9.17, 15) is 24.9 Å². The maximum atomic E-state index is 11.8. The Balaban J connectivity index is 2.15. The molecule has 0 fully saturated rings. The van der Waals surface area contributed by atoms with Crippen LogP contribution in [0.25, 0.3) is 6.08 Å². The number of rotatable bonds is 4. The van der Waals surface area contributed by atoms with Crippen molar-refractivity contribution < 1.29 is 30.0 Å². The number of hydrogen-bond donors (Lipinski definition) is 4. The quantitative estimate of drug-likeness (QED) is 0.500. The molecule has 0 aromatic heterocycles. The monoisotopic (exact) mass is 314 g/mol. The topological polar surface area (TPSA) is 130 Å². The third kappa shape index (κ3) is 4.01. The molecule has 0 atom stereocenters. The highest BCUT2D eigenvalue weighted by Gasteiger charge is 2.12. The fourth-order valence-corrected chi connectivity index (χ4v) is 1.80. The van der Waals surface area contributed by atoms with Gasteiger partial charge in [-0.15, -0.1) is 0 Å². The number of aromatic carboxylic acids is 1. The number of carboxylic acids is 1. The highest BCUT2D eigenvalue weighted by atomic mass is 16.4. The fraction of sp³-hybridized carbons (Fsp3) is 0. The third-order valence-electron chi connectivity index (χ3n) is 2.90. The molecule has 0 radical (unpaired) electrons. The van der Waals surface area contributed by atoms with Gasteiger partial charge in [0.1, 0.15) is 11.5 Å². The second-order valence-corrected chi connectivity index (χ2v) is 4.58. The first kappa shape index (κ1) is 15.9. The van der Waals surface area contributed by atoms with Crippen LogP contribution in [0, 0.1) is 0 Å². The zero-order valence-electron chi connectivity index (χ0n) is 11.7. The van der Waals surface area contributed by atoms with Crippen LogP contribution in [0.3, 0.4) is 0 Å². The molecule has 0 aliphatic rings. The van der Waals surface area contributed by atoms with Crippen LogP contribution >= 0.6 is 0 Å². The molecule has 0 aliphatic heterocycles. The van der Waals surface area contributed by atoms with Gasteiger partial charge < -0.3 is 25.7 Å². The van der Waals surface area contributed by atoms with E-state index in [4.69, 9.17) is 5.11 Å². The summed E-state index contributed by atoms with van der Waals surface area (Å²) in [6.45, 7) is 0. The van der Waals surface area contributed by atoms with Crippen LogP contribution in [0.1, 0.15) is 15.9 Å². The minimum Gasteiger partial charge on any atom is -0.870 e. The van der Waals surface area contributed by atoms with Crippen molar-refractivity contribution in [2.75, 3.05) is 5.32 Å². The van der Waals surface area contributed by atoms with Crippen LogP contribution < -0.4 is 10.4 Å². The van der Waals surface area contributed by atoms with Gasteiger partial charge in [-0.25, -0.2) is 4.79 Å². The van der Waals surface area contributed by atoms with Crippen molar-refractivity contribution in [1.29, 1.82) is 0 Å². The molecule has 0 aliphatic carbocycles. The lowest BCUT2D eigenvalue weighted by Gasteiger charge is -2.08. The number of amides is 1. The van der Waals surface area contributed by atoms with E-state index in [-0.39, 0.29) is 17.0 Å². The molecule has 2 aromatic carbocycles. The molecule has 0 saturated carbocycles. The summed E-state index contributed by atoms with van der Waals surface area (Å²) in [6.07, 6.45) is 2.48. The first-order valence-corrected chi connectivity index (χ1v) is 6.42. The Morgan fingerprint density at radius 1 is 1.09 bits per heavy atom. The van der Waals surface area contributed by atoms with E-state index in [0.29, 0.717) is 5.56 Å². The Kier molecular flexibility index (Phi) is 4.51. The lowest BCUT2D eigenvalue weighted by atomic mass is 10.1. The van der Waals surface area contributed by atoms with Crippen LogP contribution in [-0.2, 0) is 4.79 Å². The molecule has 0 spiro atoms. The second-order valence-electron chi connectivity index (χ2n) is 4.58. The molecule has 1 amide bonds. The molecule has 118 valence electrons. The summed E-state index contributed by atoms with van der Waals surface area (Å²) in [5, 5.41) is 41.0. The largest absolute Gasteiger partial charge is 0.870 e. The van der Waals surface area contributed by atoms with Gasteiger partial charge in [-0.05, 0) is 35.9 Å². The zero-order chi connectivity index (χ0) is 17.0. The number of carbonyl (C=O) groups excluding carboxylic acids is 1. The first-order valence-electron chi connectivity index (χ1n) is 6.42. The SMILES string of the molecule is O=C(/C=C/c1ccc([O-])c(O)c1)Nc1ccc(O)cc1C(=O)O. The van der Waals surface area contributed by atoms with Gasteiger partial charge >= 0.3 is 5.97 Å². The smallest absolute Gasteiger partial charge is 0.337 e. The van der Waals surface area contributed by atoms with E-state index in [1.165, 1.54) is 30.3 Å².